The highest BCUT2D eigenvalue weighted by Crippen LogP contribution is 2.41. The van der Waals surface area contributed by atoms with Gasteiger partial charge < -0.3 is 19.5 Å². The molecule has 2 aromatic carbocycles. The Morgan fingerprint density at radius 3 is 2.74 bits per heavy atom. The summed E-state index contributed by atoms with van der Waals surface area (Å²) < 4.78 is 13.1. The molecule has 2 aliphatic heterocycles. The maximum atomic E-state index is 14.2. The Balaban J connectivity index is 1.40. The van der Waals surface area contributed by atoms with Gasteiger partial charge in [0, 0.05) is 31.9 Å². The largest absolute Gasteiger partial charge is 0.503 e. The number of fused-ring (bicyclic) bond motifs is 3. The smallest absolute Gasteiger partial charge is 0.290 e. The van der Waals surface area contributed by atoms with Gasteiger partial charge in [-0.1, -0.05) is 35.6 Å². The van der Waals surface area contributed by atoms with Gasteiger partial charge in [-0.3, -0.25) is 18.9 Å². The Hall–Kier alpha value is -3.73. The standard InChI is InChI=1S/C29H30N4O5S/c1-3-38-20-8-6-7-19(17-20)24-23(26(35)28(36)32(24)12-11-31-13-15-37-16-14-31)25(34)27-18(2)33-22-10-5-4-9-21(22)30-29(33)39-27/h4-10,17,24,35H,3,11-16H2,1-2H3. The minimum atomic E-state index is -0.739. The van der Waals surface area contributed by atoms with E-state index in [4.69, 9.17) is 9.47 Å². The van der Waals surface area contributed by atoms with Gasteiger partial charge in [0.15, 0.2) is 10.7 Å². The molecule has 0 radical (unpaired) electrons. The maximum absolute atomic E-state index is 14.2. The van der Waals surface area contributed by atoms with Crippen molar-refractivity contribution in [3.63, 3.8) is 0 Å². The van der Waals surface area contributed by atoms with E-state index < -0.39 is 17.7 Å². The lowest BCUT2D eigenvalue weighted by Crippen LogP contribution is -2.43. The van der Waals surface area contributed by atoms with Crippen molar-refractivity contribution in [2.24, 2.45) is 0 Å². The van der Waals surface area contributed by atoms with Crippen LogP contribution in [0.5, 0.6) is 5.75 Å². The van der Waals surface area contributed by atoms with Crippen molar-refractivity contribution in [3.8, 4) is 5.75 Å². The summed E-state index contributed by atoms with van der Waals surface area (Å²) in [5.74, 6) is -0.753. The molecule has 0 bridgehead atoms. The third-order valence-corrected chi connectivity index (χ3v) is 8.53. The molecule has 1 fully saturated rings. The highest BCUT2D eigenvalue weighted by atomic mass is 32.1. The first-order valence-electron chi connectivity index (χ1n) is 13.2. The van der Waals surface area contributed by atoms with Crippen molar-refractivity contribution in [3.05, 3.63) is 76.0 Å². The molecule has 39 heavy (non-hydrogen) atoms. The van der Waals surface area contributed by atoms with Crippen molar-refractivity contribution in [1.29, 1.82) is 0 Å². The minimum Gasteiger partial charge on any atom is -0.503 e. The van der Waals surface area contributed by atoms with Crippen LogP contribution < -0.4 is 4.74 Å². The summed E-state index contributed by atoms with van der Waals surface area (Å²) in [7, 11) is 0. The first-order chi connectivity index (χ1) is 19.0. The van der Waals surface area contributed by atoms with Crippen LogP contribution in [0.1, 0.15) is 33.9 Å². The Kier molecular flexibility index (Phi) is 6.84. The van der Waals surface area contributed by atoms with Crippen molar-refractivity contribution in [2.75, 3.05) is 46.0 Å². The Morgan fingerprint density at radius 1 is 1.15 bits per heavy atom. The van der Waals surface area contributed by atoms with Gasteiger partial charge in [-0.25, -0.2) is 4.98 Å². The minimum absolute atomic E-state index is 0.0903. The number of hydrogen-bond acceptors (Lipinski definition) is 8. The summed E-state index contributed by atoms with van der Waals surface area (Å²) in [4.78, 5) is 37.3. The molecule has 202 valence electrons. The van der Waals surface area contributed by atoms with E-state index in [1.54, 1.807) is 4.90 Å². The number of ketones is 1. The molecular formula is C29H30N4O5S. The fraction of sp³-hybridized carbons (Fsp3) is 0.345. The number of carbonyl (C=O) groups excluding carboxylic acids is 2. The highest BCUT2D eigenvalue weighted by molar-refractivity contribution is 7.19. The number of carbonyl (C=O) groups is 2. The number of morpholine rings is 1. The van der Waals surface area contributed by atoms with Crippen molar-refractivity contribution >= 4 is 39.0 Å². The van der Waals surface area contributed by atoms with Crippen LogP contribution in [0.4, 0.5) is 0 Å². The van der Waals surface area contributed by atoms with Gasteiger partial charge in [0.25, 0.3) is 5.91 Å². The summed E-state index contributed by atoms with van der Waals surface area (Å²) in [5, 5.41) is 11.2. The van der Waals surface area contributed by atoms with E-state index in [2.05, 4.69) is 9.88 Å². The summed E-state index contributed by atoms with van der Waals surface area (Å²) in [6.07, 6.45) is 0. The molecule has 2 aliphatic rings. The number of imidazole rings is 1. The van der Waals surface area contributed by atoms with Crippen LogP contribution in [0.15, 0.2) is 59.9 Å². The number of aliphatic hydroxyl groups excluding tert-OH is 1. The molecule has 0 saturated carbocycles. The number of aryl methyl sites for hydroxylation is 1. The molecule has 10 heteroatoms. The molecule has 1 N–H and O–H groups in total. The number of thiazole rings is 1. The number of para-hydroxylation sites is 2. The van der Waals surface area contributed by atoms with Crippen molar-refractivity contribution < 1.29 is 24.2 Å². The summed E-state index contributed by atoms with van der Waals surface area (Å²) in [6, 6.07) is 14.4. The summed E-state index contributed by atoms with van der Waals surface area (Å²) in [5.41, 5.74) is 3.30. The van der Waals surface area contributed by atoms with E-state index in [1.807, 2.05) is 66.8 Å². The number of Topliss-reactive ketones (excluding diaryl/α,β-unsaturated/α-hetero) is 1. The van der Waals surface area contributed by atoms with Crippen LogP contribution in [0.3, 0.4) is 0 Å². The Bertz CT molecular complexity index is 1600. The van der Waals surface area contributed by atoms with Gasteiger partial charge in [-0.05, 0) is 43.7 Å². The van der Waals surface area contributed by atoms with Crippen LogP contribution in [-0.4, -0.2) is 82.0 Å². The molecule has 1 amide bonds. The number of aromatic nitrogens is 2. The normalized spacial score (nSPS) is 18.6. The molecule has 4 heterocycles. The molecule has 9 nitrogen and oxygen atoms in total. The van der Waals surface area contributed by atoms with E-state index in [0.717, 1.165) is 29.8 Å². The van der Waals surface area contributed by atoms with Gasteiger partial charge in [0.1, 0.15) is 5.75 Å². The zero-order valence-electron chi connectivity index (χ0n) is 21.9. The van der Waals surface area contributed by atoms with Crippen LogP contribution in [0.2, 0.25) is 0 Å². The van der Waals surface area contributed by atoms with E-state index >= 15 is 0 Å². The molecule has 2 aromatic heterocycles. The van der Waals surface area contributed by atoms with E-state index in [9.17, 15) is 14.7 Å². The van der Waals surface area contributed by atoms with Crippen LogP contribution in [-0.2, 0) is 9.53 Å². The third-order valence-electron chi connectivity index (χ3n) is 7.39. The average Bonchev–Trinajstić information content (AvgIpc) is 3.56. The first kappa shape index (κ1) is 25.5. The topological polar surface area (TPSA) is 96.6 Å². The lowest BCUT2D eigenvalue weighted by Gasteiger charge is -2.31. The molecular weight excluding hydrogens is 516 g/mol. The molecule has 4 aromatic rings. The van der Waals surface area contributed by atoms with Crippen molar-refractivity contribution in [1.82, 2.24) is 19.2 Å². The molecule has 6 rings (SSSR count). The van der Waals surface area contributed by atoms with E-state index in [-0.39, 0.29) is 11.4 Å². The second-order valence-corrected chi connectivity index (χ2v) is 10.7. The van der Waals surface area contributed by atoms with Crippen molar-refractivity contribution in [2.45, 2.75) is 19.9 Å². The lowest BCUT2D eigenvalue weighted by atomic mass is 9.95. The van der Waals surface area contributed by atoms with Crippen LogP contribution in [0, 0.1) is 6.92 Å². The average molecular weight is 547 g/mol. The fourth-order valence-corrected chi connectivity index (χ4v) is 6.57. The summed E-state index contributed by atoms with van der Waals surface area (Å²) in [6.45, 7) is 8.09. The lowest BCUT2D eigenvalue weighted by molar-refractivity contribution is -0.129. The molecule has 1 saturated heterocycles. The highest BCUT2D eigenvalue weighted by Gasteiger charge is 2.44. The maximum Gasteiger partial charge on any atom is 0.290 e. The Morgan fingerprint density at radius 2 is 1.95 bits per heavy atom. The van der Waals surface area contributed by atoms with E-state index in [0.29, 0.717) is 54.1 Å². The number of benzene rings is 2. The number of hydrogen-bond donors (Lipinski definition) is 1. The van der Waals surface area contributed by atoms with E-state index in [1.165, 1.54) is 11.3 Å². The SMILES string of the molecule is CCOc1cccc(C2C(C(=O)c3sc4nc5ccccc5n4c3C)=C(O)C(=O)N2CCN2CCOCC2)c1. The quantitative estimate of drug-likeness (QED) is 0.332. The molecule has 1 unspecified atom stereocenters. The summed E-state index contributed by atoms with van der Waals surface area (Å²) >= 11 is 1.27. The second kappa shape index (κ2) is 10.4. The zero-order chi connectivity index (χ0) is 27.1. The fourth-order valence-electron chi connectivity index (χ4n) is 5.47. The van der Waals surface area contributed by atoms with Gasteiger partial charge >= 0.3 is 0 Å². The number of rotatable bonds is 8. The second-order valence-electron chi connectivity index (χ2n) is 9.69. The van der Waals surface area contributed by atoms with Crippen LogP contribution in [0.25, 0.3) is 16.0 Å². The van der Waals surface area contributed by atoms with Gasteiger partial charge in [0.05, 0.1) is 47.3 Å². The molecule has 0 spiro atoms. The number of amides is 1. The predicted octanol–water partition coefficient (Wildman–Crippen LogP) is 4.17. The van der Waals surface area contributed by atoms with Gasteiger partial charge in [0.2, 0.25) is 5.78 Å². The third kappa shape index (κ3) is 4.48. The van der Waals surface area contributed by atoms with Gasteiger partial charge in [-0.2, -0.15) is 0 Å². The monoisotopic (exact) mass is 546 g/mol. The van der Waals surface area contributed by atoms with Crippen LogP contribution >= 0.6 is 11.3 Å². The number of ether oxygens (including phenoxy) is 2. The molecule has 0 aliphatic carbocycles. The Labute approximate surface area is 229 Å². The van der Waals surface area contributed by atoms with Gasteiger partial charge in [-0.15, -0.1) is 0 Å². The number of nitrogens with zero attached hydrogens (tertiary/aromatic N) is 4. The number of aliphatic hydroxyl groups is 1. The predicted molar refractivity (Wildman–Crippen MR) is 149 cm³/mol. The molecule has 1 atom stereocenters. The first-order valence-corrected chi connectivity index (χ1v) is 14.0. The zero-order valence-corrected chi connectivity index (χ0v) is 22.7.